The highest BCUT2D eigenvalue weighted by Crippen LogP contribution is 2.49. The zero-order valence-electron chi connectivity index (χ0n) is 15.1. The minimum Gasteiger partial charge on any atom is -0.469 e. The minimum absolute atomic E-state index is 0.0302. The smallest absolute Gasteiger partial charge is 0.307 e. The first-order valence-corrected chi connectivity index (χ1v) is 9.36. The van der Waals surface area contributed by atoms with Gasteiger partial charge in [-0.2, -0.15) is 0 Å². The van der Waals surface area contributed by atoms with E-state index in [1.807, 2.05) is 0 Å². The van der Waals surface area contributed by atoms with Crippen LogP contribution >= 0.6 is 0 Å². The fourth-order valence-electron chi connectivity index (χ4n) is 4.91. The highest BCUT2D eigenvalue weighted by molar-refractivity contribution is 5.88. The van der Waals surface area contributed by atoms with Gasteiger partial charge in [0.25, 0.3) is 0 Å². The van der Waals surface area contributed by atoms with Crippen LogP contribution in [-0.4, -0.2) is 61.5 Å². The number of esters is 1. The molecule has 1 heterocycles. The van der Waals surface area contributed by atoms with Gasteiger partial charge >= 0.3 is 5.97 Å². The van der Waals surface area contributed by atoms with Gasteiger partial charge in [0.1, 0.15) is 6.04 Å². The van der Waals surface area contributed by atoms with E-state index in [4.69, 9.17) is 0 Å². The first-order valence-electron chi connectivity index (χ1n) is 9.36. The predicted octanol–water partition coefficient (Wildman–Crippen LogP) is 0.291. The molecule has 2 saturated carbocycles. The molecule has 25 heavy (non-hydrogen) atoms. The van der Waals surface area contributed by atoms with Crippen molar-refractivity contribution in [3.8, 4) is 0 Å². The highest BCUT2D eigenvalue weighted by Gasteiger charge is 2.42. The molecule has 2 bridgehead atoms. The van der Waals surface area contributed by atoms with Gasteiger partial charge in [-0.15, -0.1) is 0 Å². The average Bonchev–Trinajstić information content (AvgIpc) is 3.21. The van der Waals surface area contributed by atoms with Crippen molar-refractivity contribution in [3.05, 3.63) is 0 Å². The average molecular weight is 351 g/mol. The number of ether oxygens (including phenoxy) is 1. The van der Waals surface area contributed by atoms with Gasteiger partial charge in [0.05, 0.1) is 20.1 Å². The first kappa shape index (κ1) is 18.2. The van der Waals surface area contributed by atoms with Crippen molar-refractivity contribution in [3.63, 3.8) is 0 Å². The van der Waals surface area contributed by atoms with Crippen molar-refractivity contribution in [2.45, 2.75) is 51.1 Å². The molecule has 0 aromatic rings. The van der Waals surface area contributed by atoms with Crippen LogP contribution in [0.4, 0.5) is 0 Å². The number of nitrogens with one attached hydrogen (secondary N) is 2. The van der Waals surface area contributed by atoms with E-state index in [0.29, 0.717) is 19.0 Å². The molecule has 140 valence electrons. The molecular weight excluding hydrogens is 322 g/mol. The quantitative estimate of drug-likeness (QED) is 0.672. The highest BCUT2D eigenvalue weighted by atomic mass is 16.5. The van der Waals surface area contributed by atoms with E-state index >= 15 is 0 Å². The molecule has 0 radical (unpaired) electrons. The van der Waals surface area contributed by atoms with E-state index in [0.717, 1.165) is 11.8 Å². The zero-order valence-corrected chi connectivity index (χ0v) is 15.1. The summed E-state index contributed by atoms with van der Waals surface area (Å²) >= 11 is 0. The van der Waals surface area contributed by atoms with E-state index in [9.17, 15) is 14.4 Å². The molecule has 1 saturated heterocycles. The summed E-state index contributed by atoms with van der Waals surface area (Å²) in [5, 5.41) is 5.88. The van der Waals surface area contributed by atoms with Crippen LogP contribution in [0, 0.1) is 17.8 Å². The monoisotopic (exact) mass is 351 g/mol. The molecule has 7 nitrogen and oxygen atoms in total. The van der Waals surface area contributed by atoms with Crippen LogP contribution in [-0.2, 0) is 19.1 Å². The molecular formula is C18H29N3O4. The SMILES string of the molecule is COC(=O)CC1C(=O)NCCN1CC(=O)NC(C)C1CC2CCC1C2. The number of nitrogens with zero attached hydrogens (tertiary/aromatic N) is 1. The Balaban J connectivity index is 1.53. The summed E-state index contributed by atoms with van der Waals surface area (Å²) < 4.78 is 4.67. The van der Waals surface area contributed by atoms with E-state index in [1.54, 1.807) is 4.90 Å². The van der Waals surface area contributed by atoms with Crippen LogP contribution in [0.5, 0.6) is 0 Å². The van der Waals surface area contributed by atoms with Gasteiger partial charge in [-0.05, 0) is 43.9 Å². The standard InChI is InChI=1S/C18H29N3O4/c1-11(14-8-12-3-4-13(14)7-12)20-16(22)10-21-6-5-19-18(24)15(21)9-17(23)25-2/h11-15H,3-10H2,1-2H3,(H,19,24)(H,20,22). The minimum atomic E-state index is -0.634. The van der Waals surface area contributed by atoms with E-state index < -0.39 is 12.0 Å². The summed E-state index contributed by atoms with van der Waals surface area (Å²) in [7, 11) is 1.30. The number of carbonyl (C=O) groups excluding carboxylic acids is 3. The van der Waals surface area contributed by atoms with Crippen LogP contribution in [0.1, 0.15) is 39.0 Å². The molecule has 2 N–H and O–H groups in total. The van der Waals surface area contributed by atoms with Crippen molar-refractivity contribution < 1.29 is 19.1 Å². The van der Waals surface area contributed by atoms with Crippen molar-refractivity contribution in [2.75, 3.05) is 26.7 Å². The molecule has 7 heteroatoms. The van der Waals surface area contributed by atoms with Crippen LogP contribution < -0.4 is 10.6 Å². The summed E-state index contributed by atoms with van der Waals surface area (Å²) in [6.45, 7) is 3.29. The Hall–Kier alpha value is -1.63. The summed E-state index contributed by atoms with van der Waals surface area (Å²) in [6.07, 6.45) is 5.15. The van der Waals surface area contributed by atoms with Gasteiger partial charge in [0.2, 0.25) is 11.8 Å². The van der Waals surface area contributed by atoms with Crippen molar-refractivity contribution in [2.24, 2.45) is 17.8 Å². The molecule has 0 spiro atoms. The predicted molar refractivity (Wildman–Crippen MR) is 91.5 cm³/mol. The molecule has 2 aliphatic carbocycles. The molecule has 0 aromatic carbocycles. The van der Waals surface area contributed by atoms with E-state index in [-0.39, 0.29) is 30.8 Å². The fourth-order valence-corrected chi connectivity index (χ4v) is 4.91. The third-order valence-electron chi connectivity index (χ3n) is 6.20. The largest absolute Gasteiger partial charge is 0.469 e. The third kappa shape index (κ3) is 4.14. The van der Waals surface area contributed by atoms with Crippen LogP contribution in [0.3, 0.4) is 0 Å². The van der Waals surface area contributed by atoms with Gasteiger partial charge in [-0.25, -0.2) is 0 Å². The number of rotatable bonds is 6. The third-order valence-corrected chi connectivity index (χ3v) is 6.20. The van der Waals surface area contributed by atoms with Gasteiger partial charge < -0.3 is 15.4 Å². The number of hydrogen-bond donors (Lipinski definition) is 2. The Morgan fingerprint density at radius 1 is 1.36 bits per heavy atom. The number of piperazine rings is 1. The second-order valence-corrected chi connectivity index (χ2v) is 7.75. The zero-order chi connectivity index (χ0) is 18.0. The van der Waals surface area contributed by atoms with Crippen LogP contribution in [0.25, 0.3) is 0 Å². The number of carbonyl (C=O) groups is 3. The van der Waals surface area contributed by atoms with Crippen LogP contribution in [0.2, 0.25) is 0 Å². The Bertz CT molecular complexity index is 538. The first-order chi connectivity index (χ1) is 12.0. The second kappa shape index (κ2) is 7.72. The van der Waals surface area contributed by atoms with Crippen LogP contribution in [0.15, 0.2) is 0 Å². The Morgan fingerprint density at radius 2 is 2.16 bits per heavy atom. The lowest BCUT2D eigenvalue weighted by atomic mass is 9.84. The maximum Gasteiger partial charge on any atom is 0.307 e. The maximum atomic E-state index is 12.5. The molecule has 0 aromatic heterocycles. The summed E-state index contributed by atoms with van der Waals surface area (Å²) in [6, 6.07) is -0.467. The second-order valence-electron chi connectivity index (χ2n) is 7.75. The number of hydrogen-bond acceptors (Lipinski definition) is 5. The molecule has 3 aliphatic rings. The van der Waals surface area contributed by atoms with E-state index in [1.165, 1.54) is 32.8 Å². The summed E-state index contributed by atoms with van der Waals surface area (Å²) in [4.78, 5) is 37.9. The number of fused-ring (bicyclic) bond motifs is 2. The molecule has 3 fully saturated rings. The number of methoxy groups -OCH3 is 1. The van der Waals surface area contributed by atoms with Crippen molar-refractivity contribution in [1.82, 2.24) is 15.5 Å². The van der Waals surface area contributed by atoms with E-state index in [2.05, 4.69) is 22.3 Å². The lowest BCUT2D eigenvalue weighted by molar-refractivity contribution is -0.146. The summed E-state index contributed by atoms with van der Waals surface area (Å²) in [5.41, 5.74) is 0. The Morgan fingerprint density at radius 3 is 2.80 bits per heavy atom. The fraction of sp³-hybridized carbons (Fsp3) is 0.833. The van der Waals surface area contributed by atoms with Gasteiger partial charge in [-0.3, -0.25) is 19.3 Å². The number of amides is 2. The van der Waals surface area contributed by atoms with Crippen molar-refractivity contribution in [1.29, 1.82) is 0 Å². The Labute approximate surface area is 148 Å². The maximum absolute atomic E-state index is 12.5. The molecule has 2 amide bonds. The molecule has 3 rings (SSSR count). The van der Waals surface area contributed by atoms with Gasteiger partial charge in [0.15, 0.2) is 0 Å². The van der Waals surface area contributed by atoms with Crippen molar-refractivity contribution >= 4 is 17.8 Å². The summed E-state index contributed by atoms with van der Waals surface area (Å²) in [5.74, 6) is 1.46. The Kier molecular flexibility index (Phi) is 5.61. The van der Waals surface area contributed by atoms with Gasteiger partial charge in [-0.1, -0.05) is 6.42 Å². The lowest BCUT2D eigenvalue weighted by Gasteiger charge is -2.35. The molecule has 5 atom stereocenters. The van der Waals surface area contributed by atoms with Gasteiger partial charge in [0, 0.05) is 19.1 Å². The molecule has 5 unspecified atom stereocenters. The molecule has 1 aliphatic heterocycles. The normalized spacial score (nSPS) is 33.0. The topological polar surface area (TPSA) is 87.7 Å². The lowest BCUT2D eigenvalue weighted by Crippen LogP contribution is -2.58.